The molecule has 0 aliphatic heterocycles. The summed E-state index contributed by atoms with van der Waals surface area (Å²) in [5.74, 6) is 0.707. The third kappa shape index (κ3) is 2.50. The van der Waals surface area contributed by atoms with Gasteiger partial charge in [-0.15, -0.1) is 16.5 Å². The van der Waals surface area contributed by atoms with E-state index in [1.807, 2.05) is 12.1 Å². The first kappa shape index (κ1) is 13.5. The Hall–Kier alpha value is -2.21. The second-order valence-electron chi connectivity index (χ2n) is 5.34. The molecule has 0 saturated heterocycles. The minimum Gasteiger partial charge on any atom is -0.265 e. The van der Waals surface area contributed by atoms with Gasteiger partial charge in [-0.3, -0.25) is 4.98 Å². The number of hydrogen-bond donors (Lipinski definition) is 0. The summed E-state index contributed by atoms with van der Waals surface area (Å²) in [7, 11) is 0. The van der Waals surface area contributed by atoms with E-state index in [0.29, 0.717) is 12.4 Å². The Bertz CT molecular complexity index is 825. The molecular formula is C16H15N5S. The topological polar surface area (TPSA) is 63.4 Å². The van der Waals surface area contributed by atoms with Crippen LogP contribution in [0.5, 0.6) is 0 Å². The van der Waals surface area contributed by atoms with E-state index in [-0.39, 0.29) is 0 Å². The summed E-state index contributed by atoms with van der Waals surface area (Å²) in [4.78, 5) is 15.2. The molecule has 3 heterocycles. The Morgan fingerprint density at radius 3 is 2.86 bits per heavy atom. The summed E-state index contributed by atoms with van der Waals surface area (Å²) in [5, 5.41) is 9.78. The van der Waals surface area contributed by atoms with Crippen LogP contribution < -0.4 is 0 Å². The summed E-state index contributed by atoms with van der Waals surface area (Å²) < 4.78 is 0. The number of hydrogen-bond acceptors (Lipinski definition) is 6. The molecule has 0 N–H and O–H groups in total. The summed E-state index contributed by atoms with van der Waals surface area (Å²) >= 11 is 1.78. The zero-order valence-electron chi connectivity index (χ0n) is 12.1. The van der Waals surface area contributed by atoms with Gasteiger partial charge in [0.25, 0.3) is 0 Å². The second-order valence-corrected chi connectivity index (χ2v) is 6.43. The van der Waals surface area contributed by atoms with Gasteiger partial charge in [0.2, 0.25) is 0 Å². The molecule has 0 aromatic carbocycles. The van der Waals surface area contributed by atoms with Crippen LogP contribution in [0.1, 0.15) is 28.8 Å². The average molecular weight is 309 g/mol. The summed E-state index contributed by atoms with van der Waals surface area (Å²) in [6.45, 7) is 0.542. The SMILES string of the molecule is c1cc(CN=Nc2ncnc3sc4c(c23)CCCC4)ccn1. The van der Waals surface area contributed by atoms with Gasteiger partial charge in [0.1, 0.15) is 11.2 Å². The van der Waals surface area contributed by atoms with Gasteiger partial charge in [-0.2, -0.15) is 5.11 Å². The monoisotopic (exact) mass is 309 g/mol. The normalized spacial score (nSPS) is 14.5. The maximum atomic E-state index is 4.41. The lowest BCUT2D eigenvalue weighted by atomic mass is 9.97. The van der Waals surface area contributed by atoms with Gasteiger partial charge >= 0.3 is 0 Å². The van der Waals surface area contributed by atoms with Gasteiger partial charge in [0, 0.05) is 17.3 Å². The maximum Gasteiger partial charge on any atom is 0.186 e. The lowest BCUT2D eigenvalue weighted by Crippen LogP contribution is -1.98. The first-order valence-electron chi connectivity index (χ1n) is 7.43. The van der Waals surface area contributed by atoms with E-state index < -0.39 is 0 Å². The van der Waals surface area contributed by atoms with Crippen LogP contribution in [0.3, 0.4) is 0 Å². The second kappa shape index (κ2) is 5.88. The third-order valence-electron chi connectivity index (χ3n) is 3.90. The van der Waals surface area contributed by atoms with E-state index in [4.69, 9.17) is 0 Å². The molecule has 1 aliphatic carbocycles. The van der Waals surface area contributed by atoms with Crippen LogP contribution in [0.2, 0.25) is 0 Å². The molecule has 0 radical (unpaired) electrons. The molecule has 5 nitrogen and oxygen atoms in total. The van der Waals surface area contributed by atoms with Crippen LogP contribution in [-0.4, -0.2) is 15.0 Å². The number of thiophene rings is 1. The highest BCUT2D eigenvalue weighted by Gasteiger charge is 2.19. The number of aromatic nitrogens is 3. The molecule has 3 aromatic rings. The number of nitrogens with zero attached hydrogens (tertiary/aromatic N) is 5. The molecule has 3 aromatic heterocycles. The van der Waals surface area contributed by atoms with Crippen molar-refractivity contribution in [3.8, 4) is 0 Å². The summed E-state index contributed by atoms with van der Waals surface area (Å²) in [5.41, 5.74) is 2.49. The number of azo groups is 1. The standard InChI is InChI=1S/C16H15N5S/c1-2-4-13-12(3-1)14-15(18-10-19-16(14)22-13)21-20-9-11-5-7-17-8-6-11/h5-8,10H,1-4,9H2. The zero-order chi connectivity index (χ0) is 14.8. The van der Waals surface area contributed by atoms with E-state index >= 15 is 0 Å². The highest BCUT2D eigenvalue weighted by Crippen LogP contribution is 2.39. The highest BCUT2D eigenvalue weighted by molar-refractivity contribution is 7.18. The van der Waals surface area contributed by atoms with Crippen LogP contribution >= 0.6 is 11.3 Å². The molecule has 110 valence electrons. The molecule has 6 heteroatoms. The van der Waals surface area contributed by atoms with Crippen molar-refractivity contribution >= 4 is 27.4 Å². The Balaban J connectivity index is 1.68. The molecular weight excluding hydrogens is 294 g/mol. The zero-order valence-corrected chi connectivity index (χ0v) is 12.9. The Morgan fingerprint density at radius 2 is 1.95 bits per heavy atom. The first-order chi connectivity index (χ1) is 10.9. The Labute approximate surface area is 132 Å². The number of fused-ring (bicyclic) bond motifs is 3. The predicted octanol–water partition coefficient (Wildman–Crippen LogP) is 4.25. The molecule has 1 aliphatic rings. The molecule has 0 bridgehead atoms. The minimum atomic E-state index is 0.542. The van der Waals surface area contributed by atoms with Crippen LogP contribution in [0.25, 0.3) is 10.2 Å². The van der Waals surface area contributed by atoms with E-state index in [9.17, 15) is 0 Å². The van der Waals surface area contributed by atoms with Crippen molar-refractivity contribution in [1.29, 1.82) is 0 Å². The van der Waals surface area contributed by atoms with Crippen molar-refractivity contribution in [2.45, 2.75) is 32.2 Å². The highest BCUT2D eigenvalue weighted by atomic mass is 32.1. The van der Waals surface area contributed by atoms with Gasteiger partial charge in [-0.05, 0) is 48.9 Å². The Kier molecular flexibility index (Phi) is 3.60. The van der Waals surface area contributed by atoms with E-state index in [0.717, 1.165) is 28.6 Å². The van der Waals surface area contributed by atoms with Crippen LogP contribution in [0.15, 0.2) is 41.1 Å². The van der Waals surface area contributed by atoms with Gasteiger partial charge < -0.3 is 0 Å². The largest absolute Gasteiger partial charge is 0.265 e. The Morgan fingerprint density at radius 1 is 1.09 bits per heavy atom. The average Bonchev–Trinajstić information content (AvgIpc) is 2.95. The predicted molar refractivity (Wildman–Crippen MR) is 86.5 cm³/mol. The molecule has 4 rings (SSSR count). The van der Waals surface area contributed by atoms with Gasteiger partial charge in [0.05, 0.1) is 11.9 Å². The minimum absolute atomic E-state index is 0.542. The molecule has 0 fully saturated rings. The number of rotatable bonds is 3. The van der Waals surface area contributed by atoms with Crippen molar-refractivity contribution < 1.29 is 0 Å². The third-order valence-corrected chi connectivity index (χ3v) is 5.10. The van der Waals surface area contributed by atoms with Gasteiger partial charge in [-0.25, -0.2) is 9.97 Å². The van der Waals surface area contributed by atoms with Crippen LogP contribution in [0, 0.1) is 0 Å². The lowest BCUT2D eigenvalue weighted by Gasteiger charge is -2.10. The molecule has 0 amide bonds. The molecule has 0 saturated carbocycles. The lowest BCUT2D eigenvalue weighted by molar-refractivity contribution is 0.700. The quantitative estimate of drug-likeness (QED) is 0.679. The van der Waals surface area contributed by atoms with Crippen molar-refractivity contribution in [3.63, 3.8) is 0 Å². The summed E-state index contributed by atoms with van der Waals surface area (Å²) in [6, 6.07) is 3.89. The molecule has 22 heavy (non-hydrogen) atoms. The molecule has 0 spiro atoms. The number of aryl methyl sites for hydroxylation is 2. The fourth-order valence-electron chi connectivity index (χ4n) is 2.82. The van der Waals surface area contributed by atoms with E-state index in [2.05, 4.69) is 25.2 Å². The first-order valence-corrected chi connectivity index (χ1v) is 8.25. The van der Waals surface area contributed by atoms with Gasteiger partial charge in [0.15, 0.2) is 5.82 Å². The van der Waals surface area contributed by atoms with Gasteiger partial charge in [-0.1, -0.05) is 0 Å². The maximum absolute atomic E-state index is 4.41. The van der Waals surface area contributed by atoms with E-state index in [1.54, 1.807) is 30.1 Å². The smallest absolute Gasteiger partial charge is 0.186 e. The van der Waals surface area contributed by atoms with E-state index in [1.165, 1.54) is 23.3 Å². The van der Waals surface area contributed by atoms with Crippen molar-refractivity contribution in [2.24, 2.45) is 10.2 Å². The summed E-state index contributed by atoms with van der Waals surface area (Å²) in [6.07, 6.45) is 9.89. The van der Waals surface area contributed by atoms with Crippen molar-refractivity contribution in [1.82, 2.24) is 15.0 Å². The fourth-order valence-corrected chi connectivity index (χ4v) is 4.05. The fraction of sp³-hybridized carbons (Fsp3) is 0.312. The number of pyridine rings is 1. The molecule has 0 atom stereocenters. The van der Waals surface area contributed by atoms with Crippen LogP contribution in [0.4, 0.5) is 5.82 Å². The van der Waals surface area contributed by atoms with Crippen molar-refractivity contribution in [2.75, 3.05) is 0 Å². The van der Waals surface area contributed by atoms with Crippen molar-refractivity contribution in [3.05, 3.63) is 46.9 Å². The molecule has 0 unspecified atom stereocenters. The van der Waals surface area contributed by atoms with Crippen LogP contribution in [-0.2, 0) is 19.4 Å².